The fourth-order valence-corrected chi connectivity index (χ4v) is 2.62. The van der Waals surface area contributed by atoms with Gasteiger partial charge in [0.15, 0.2) is 5.82 Å². The number of nitrogen functional groups attached to an aromatic ring is 1. The van der Waals surface area contributed by atoms with E-state index >= 15 is 0 Å². The highest BCUT2D eigenvalue weighted by atomic mass is 79.9. The van der Waals surface area contributed by atoms with Crippen LogP contribution < -0.4 is 16.6 Å². The number of carbonyl (C=O) groups is 1. The normalized spacial score (nSPS) is 10.2. The lowest BCUT2D eigenvalue weighted by atomic mass is 10.2. The van der Waals surface area contributed by atoms with Gasteiger partial charge in [0, 0.05) is 22.1 Å². The summed E-state index contributed by atoms with van der Waals surface area (Å²) in [5.41, 5.74) is 2.84. The molecule has 0 unspecified atom stereocenters. The van der Waals surface area contributed by atoms with Crippen LogP contribution in [0.1, 0.15) is 15.2 Å². The largest absolute Gasteiger partial charge is 0.352 e. The minimum Gasteiger partial charge on any atom is -0.352 e. The molecule has 2 heterocycles. The zero-order chi connectivity index (χ0) is 13.7. The Kier molecular flexibility index (Phi) is 4.89. The van der Waals surface area contributed by atoms with Crippen molar-refractivity contribution in [3.63, 3.8) is 0 Å². The topological polar surface area (TPSA) is 80.0 Å². The molecule has 0 aliphatic carbocycles. The highest BCUT2D eigenvalue weighted by Crippen LogP contribution is 2.17. The summed E-state index contributed by atoms with van der Waals surface area (Å²) in [6, 6.07) is 5.73. The summed E-state index contributed by atoms with van der Waals surface area (Å²) in [4.78, 5) is 17.3. The number of rotatable bonds is 5. The highest BCUT2D eigenvalue weighted by molar-refractivity contribution is 9.10. The number of nitrogens with one attached hydrogen (secondary N) is 2. The first kappa shape index (κ1) is 14.0. The van der Waals surface area contributed by atoms with Gasteiger partial charge in [0.1, 0.15) is 0 Å². The molecule has 19 heavy (non-hydrogen) atoms. The highest BCUT2D eigenvalue weighted by Gasteiger charge is 2.12. The van der Waals surface area contributed by atoms with Gasteiger partial charge in [-0.25, -0.2) is 10.8 Å². The number of hydrazine groups is 1. The summed E-state index contributed by atoms with van der Waals surface area (Å²) in [7, 11) is 0. The van der Waals surface area contributed by atoms with Crippen molar-refractivity contribution in [1.29, 1.82) is 0 Å². The molecular formula is C12H13BrN4OS. The van der Waals surface area contributed by atoms with E-state index in [2.05, 4.69) is 31.7 Å². The Labute approximate surface area is 123 Å². The van der Waals surface area contributed by atoms with Gasteiger partial charge in [0.2, 0.25) is 0 Å². The van der Waals surface area contributed by atoms with Crippen LogP contribution >= 0.6 is 27.3 Å². The second-order valence-electron chi connectivity index (χ2n) is 3.78. The number of anilines is 1. The van der Waals surface area contributed by atoms with E-state index in [1.165, 1.54) is 4.88 Å². The number of nitrogens with zero attached hydrogens (tertiary/aromatic N) is 1. The number of carbonyl (C=O) groups excluding carboxylic acids is 1. The Morgan fingerprint density at radius 1 is 1.53 bits per heavy atom. The molecule has 0 fully saturated rings. The second-order valence-corrected chi connectivity index (χ2v) is 5.73. The maximum Gasteiger partial charge on any atom is 0.255 e. The zero-order valence-electron chi connectivity index (χ0n) is 10.0. The average Bonchev–Trinajstić information content (AvgIpc) is 2.91. The molecule has 7 heteroatoms. The Morgan fingerprint density at radius 3 is 3.05 bits per heavy atom. The molecule has 0 aliphatic heterocycles. The van der Waals surface area contributed by atoms with Crippen molar-refractivity contribution in [1.82, 2.24) is 10.3 Å². The molecule has 0 radical (unpaired) electrons. The van der Waals surface area contributed by atoms with Gasteiger partial charge in [0.05, 0.1) is 5.56 Å². The Hall–Kier alpha value is -1.44. The van der Waals surface area contributed by atoms with Crippen molar-refractivity contribution in [2.75, 3.05) is 12.0 Å². The third-order valence-electron chi connectivity index (χ3n) is 2.47. The van der Waals surface area contributed by atoms with E-state index in [0.717, 1.165) is 10.9 Å². The molecule has 2 aromatic heterocycles. The van der Waals surface area contributed by atoms with Gasteiger partial charge in [-0.05, 0) is 39.9 Å². The molecule has 0 atom stereocenters. The van der Waals surface area contributed by atoms with Crippen molar-refractivity contribution >= 4 is 39.0 Å². The summed E-state index contributed by atoms with van der Waals surface area (Å²) in [5, 5.41) is 4.87. The minimum absolute atomic E-state index is 0.196. The fraction of sp³-hybridized carbons (Fsp3) is 0.167. The molecular weight excluding hydrogens is 328 g/mol. The van der Waals surface area contributed by atoms with E-state index in [0.29, 0.717) is 17.9 Å². The lowest BCUT2D eigenvalue weighted by molar-refractivity contribution is 0.0954. The van der Waals surface area contributed by atoms with Gasteiger partial charge < -0.3 is 10.7 Å². The number of pyridine rings is 1. The lowest BCUT2D eigenvalue weighted by Gasteiger charge is -2.08. The smallest absolute Gasteiger partial charge is 0.255 e. The first-order valence-electron chi connectivity index (χ1n) is 5.63. The molecule has 0 bridgehead atoms. The van der Waals surface area contributed by atoms with Crippen LogP contribution in [0.15, 0.2) is 34.2 Å². The van der Waals surface area contributed by atoms with Crippen LogP contribution in [0.4, 0.5) is 5.82 Å². The summed E-state index contributed by atoms with van der Waals surface area (Å²) < 4.78 is 0.731. The van der Waals surface area contributed by atoms with Gasteiger partial charge in [-0.1, -0.05) is 6.07 Å². The van der Waals surface area contributed by atoms with Crippen molar-refractivity contribution in [2.45, 2.75) is 6.42 Å². The molecule has 1 amide bonds. The third kappa shape index (κ3) is 3.76. The quantitative estimate of drug-likeness (QED) is 0.575. The molecule has 0 aromatic carbocycles. The van der Waals surface area contributed by atoms with E-state index in [1.807, 2.05) is 17.5 Å². The van der Waals surface area contributed by atoms with E-state index < -0.39 is 0 Å². The van der Waals surface area contributed by atoms with Crippen molar-refractivity contribution in [2.24, 2.45) is 5.84 Å². The summed E-state index contributed by atoms with van der Waals surface area (Å²) in [6.07, 6.45) is 2.40. The molecule has 5 nitrogen and oxygen atoms in total. The van der Waals surface area contributed by atoms with Crippen LogP contribution in [-0.2, 0) is 6.42 Å². The maximum absolute atomic E-state index is 12.0. The van der Waals surface area contributed by atoms with Crippen LogP contribution in [0.5, 0.6) is 0 Å². The van der Waals surface area contributed by atoms with E-state index in [-0.39, 0.29) is 5.91 Å². The molecule has 2 rings (SSSR count). The molecule has 0 saturated heterocycles. The molecule has 100 valence electrons. The van der Waals surface area contributed by atoms with Crippen molar-refractivity contribution in [3.8, 4) is 0 Å². The second kappa shape index (κ2) is 6.65. The van der Waals surface area contributed by atoms with E-state index in [4.69, 9.17) is 5.84 Å². The molecule has 2 aromatic rings. The monoisotopic (exact) mass is 340 g/mol. The summed E-state index contributed by atoms with van der Waals surface area (Å²) in [5.74, 6) is 5.50. The number of aromatic nitrogens is 1. The number of nitrogens with two attached hydrogens (primary N) is 1. The zero-order valence-corrected chi connectivity index (χ0v) is 12.4. The first-order chi connectivity index (χ1) is 9.20. The Morgan fingerprint density at radius 2 is 2.37 bits per heavy atom. The predicted octanol–water partition coefficient (Wildman–Crippen LogP) is 2.16. The standard InChI is InChI=1S/C12H13BrN4OS/c13-8-6-10(11(17-14)16-7-8)12(18)15-4-3-9-2-1-5-19-9/h1-2,5-7H,3-4,14H2,(H,15,18)(H,16,17). The lowest BCUT2D eigenvalue weighted by Crippen LogP contribution is -2.27. The Bertz CT molecular complexity index is 559. The maximum atomic E-state index is 12.0. The third-order valence-corrected chi connectivity index (χ3v) is 3.84. The molecule has 0 aliphatic rings. The van der Waals surface area contributed by atoms with Crippen LogP contribution in [0, 0.1) is 0 Å². The SMILES string of the molecule is NNc1ncc(Br)cc1C(=O)NCCc1cccs1. The van der Waals surface area contributed by atoms with Crippen LogP contribution in [0.3, 0.4) is 0 Å². The van der Waals surface area contributed by atoms with Crippen LogP contribution in [-0.4, -0.2) is 17.4 Å². The van der Waals surface area contributed by atoms with E-state index in [1.54, 1.807) is 23.6 Å². The number of hydrogen-bond acceptors (Lipinski definition) is 5. The summed E-state index contributed by atoms with van der Waals surface area (Å²) in [6.45, 7) is 0.579. The molecule has 0 spiro atoms. The van der Waals surface area contributed by atoms with Gasteiger partial charge in [-0.2, -0.15) is 0 Å². The van der Waals surface area contributed by atoms with Crippen molar-refractivity contribution < 1.29 is 4.79 Å². The number of amides is 1. The molecule has 4 N–H and O–H groups in total. The van der Waals surface area contributed by atoms with Gasteiger partial charge >= 0.3 is 0 Å². The number of thiophene rings is 1. The number of hydrogen-bond donors (Lipinski definition) is 3. The fourth-order valence-electron chi connectivity index (χ4n) is 1.58. The van der Waals surface area contributed by atoms with Gasteiger partial charge in [-0.3, -0.25) is 4.79 Å². The van der Waals surface area contributed by atoms with Crippen LogP contribution in [0.25, 0.3) is 0 Å². The number of halogens is 1. The first-order valence-corrected chi connectivity index (χ1v) is 7.30. The molecule has 0 saturated carbocycles. The minimum atomic E-state index is -0.196. The van der Waals surface area contributed by atoms with Crippen LogP contribution in [0.2, 0.25) is 0 Å². The van der Waals surface area contributed by atoms with E-state index in [9.17, 15) is 4.79 Å². The van der Waals surface area contributed by atoms with Gasteiger partial charge in [-0.15, -0.1) is 11.3 Å². The average molecular weight is 341 g/mol. The van der Waals surface area contributed by atoms with Gasteiger partial charge in [0.25, 0.3) is 5.91 Å². The van der Waals surface area contributed by atoms with Crippen molar-refractivity contribution in [3.05, 3.63) is 44.7 Å². The Balaban J connectivity index is 1.97. The predicted molar refractivity (Wildman–Crippen MR) is 80.1 cm³/mol. The summed E-state index contributed by atoms with van der Waals surface area (Å²) >= 11 is 4.96.